The van der Waals surface area contributed by atoms with Crippen molar-refractivity contribution >= 4 is 6.21 Å². The molecular formula is C21H28N2. The summed E-state index contributed by atoms with van der Waals surface area (Å²) < 4.78 is 0. The molecule has 0 radical (unpaired) electrons. The van der Waals surface area contributed by atoms with Crippen molar-refractivity contribution in [2.24, 2.45) is 16.3 Å². The van der Waals surface area contributed by atoms with Crippen LogP contribution in [0.15, 0.2) is 40.6 Å². The van der Waals surface area contributed by atoms with Gasteiger partial charge >= 0.3 is 0 Å². The lowest BCUT2D eigenvalue weighted by Gasteiger charge is -2.37. The first-order valence-electron chi connectivity index (χ1n) is 9.03. The van der Waals surface area contributed by atoms with E-state index in [-0.39, 0.29) is 5.41 Å². The molecule has 2 nitrogen and oxygen atoms in total. The second kappa shape index (κ2) is 6.89. The van der Waals surface area contributed by atoms with Crippen molar-refractivity contribution in [1.29, 1.82) is 0 Å². The molecule has 0 aromatic rings. The first-order valence-corrected chi connectivity index (χ1v) is 9.03. The van der Waals surface area contributed by atoms with Gasteiger partial charge in [0, 0.05) is 30.3 Å². The average molecular weight is 308 g/mol. The highest BCUT2D eigenvalue weighted by atomic mass is 15.2. The second-order valence-corrected chi connectivity index (χ2v) is 7.22. The molecule has 0 aromatic carbocycles. The lowest BCUT2D eigenvalue weighted by Crippen LogP contribution is -2.37. The van der Waals surface area contributed by atoms with Crippen LogP contribution in [0.3, 0.4) is 0 Å². The van der Waals surface area contributed by atoms with Gasteiger partial charge in [-0.2, -0.15) is 0 Å². The van der Waals surface area contributed by atoms with Crippen LogP contribution in [0.1, 0.15) is 46.0 Å². The predicted octanol–water partition coefficient (Wildman–Crippen LogP) is 4.36. The summed E-state index contributed by atoms with van der Waals surface area (Å²) in [5, 5.41) is 0. The van der Waals surface area contributed by atoms with E-state index >= 15 is 0 Å². The molecule has 1 aliphatic carbocycles. The van der Waals surface area contributed by atoms with Crippen molar-refractivity contribution in [2.75, 3.05) is 19.6 Å². The molecule has 2 fully saturated rings. The van der Waals surface area contributed by atoms with E-state index in [1.54, 1.807) is 0 Å². The minimum Gasteiger partial charge on any atom is -0.292 e. The van der Waals surface area contributed by atoms with Gasteiger partial charge in [0.2, 0.25) is 0 Å². The Balaban J connectivity index is 1.72. The highest BCUT2D eigenvalue weighted by molar-refractivity contribution is 5.81. The molecule has 2 heterocycles. The zero-order valence-corrected chi connectivity index (χ0v) is 14.6. The minimum absolute atomic E-state index is 0.223. The smallest absolute Gasteiger partial charge is 0.0676 e. The Bertz CT molecular complexity index is 616. The van der Waals surface area contributed by atoms with Crippen molar-refractivity contribution in [3.63, 3.8) is 0 Å². The summed E-state index contributed by atoms with van der Waals surface area (Å²) in [6, 6.07) is 0. The molecule has 1 unspecified atom stereocenters. The highest BCUT2D eigenvalue weighted by Gasteiger charge is 2.43. The Kier molecular flexibility index (Phi) is 4.87. The van der Waals surface area contributed by atoms with Gasteiger partial charge < -0.3 is 0 Å². The van der Waals surface area contributed by atoms with E-state index in [1.165, 1.54) is 50.8 Å². The summed E-state index contributed by atoms with van der Waals surface area (Å²) in [4.78, 5) is 7.08. The third-order valence-corrected chi connectivity index (χ3v) is 5.42. The van der Waals surface area contributed by atoms with Gasteiger partial charge in [-0.15, -0.1) is 0 Å². The van der Waals surface area contributed by atoms with Crippen LogP contribution in [0.2, 0.25) is 0 Å². The number of nitrogens with zero attached hydrogens (tertiary/aromatic N) is 2. The lowest BCUT2D eigenvalue weighted by molar-refractivity contribution is 0.207. The molecule has 1 saturated heterocycles. The van der Waals surface area contributed by atoms with Crippen molar-refractivity contribution in [3.8, 4) is 11.8 Å². The van der Waals surface area contributed by atoms with Crippen LogP contribution in [0.5, 0.6) is 0 Å². The molecule has 1 spiro atoms. The summed E-state index contributed by atoms with van der Waals surface area (Å²) in [5.74, 6) is 7.03. The van der Waals surface area contributed by atoms with Crippen molar-refractivity contribution in [3.05, 3.63) is 35.6 Å². The summed E-state index contributed by atoms with van der Waals surface area (Å²) >= 11 is 0. The van der Waals surface area contributed by atoms with Crippen LogP contribution in [0, 0.1) is 23.2 Å². The Morgan fingerprint density at radius 2 is 2.22 bits per heavy atom. The zero-order valence-electron chi connectivity index (χ0n) is 14.6. The SMILES string of the molecule is C=C(C#CCN1CCC1)/C=C1/N=CC2(CCC2)/C1=C/C(C)CC. The maximum atomic E-state index is 4.72. The summed E-state index contributed by atoms with van der Waals surface area (Å²) in [5.41, 5.74) is 3.61. The average Bonchev–Trinajstić information content (AvgIpc) is 2.80. The van der Waals surface area contributed by atoms with Crippen LogP contribution >= 0.6 is 0 Å². The largest absolute Gasteiger partial charge is 0.292 e. The zero-order chi connectivity index (χ0) is 16.3. The molecular weight excluding hydrogens is 280 g/mol. The van der Waals surface area contributed by atoms with E-state index in [0.29, 0.717) is 5.92 Å². The standard InChI is InChI=1S/C21H28N2/c1-4-17(2)14-19-20(22-16-21(19)9-6-10-21)15-18(3)8-5-11-23-12-7-13-23/h14-17H,3-4,6-7,9-13H2,1-2H3/b19-14+,20-15+. The molecule has 2 heteroatoms. The van der Waals surface area contributed by atoms with Crippen LogP contribution in [-0.4, -0.2) is 30.7 Å². The van der Waals surface area contributed by atoms with Gasteiger partial charge in [-0.3, -0.25) is 9.89 Å². The Morgan fingerprint density at radius 1 is 1.43 bits per heavy atom. The highest BCUT2D eigenvalue weighted by Crippen LogP contribution is 2.52. The molecule has 0 N–H and O–H groups in total. The van der Waals surface area contributed by atoms with Crippen LogP contribution in [0.4, 0.5) is 0 Å². The van der Waals surface area contributed by atoms with Crippen molar-refractivity contribution in [2.45, 2.75) is 46.0 Å². The Hall–Kier alpha value is -1.59. The van der Waals surface area contributed by atoms with E-state index in [9.17, 15) is 0 Å². The topological polar surface area (TPSA) is 15.6 Å². The normalized spacial score (nSPS) is 26.7. The van der Waals surface area contributed by atoms with Gasteiger partial charge in [-0.25, -0.2) is 0 Å². The first-order chi connectivity index (χ1) is 11.1. The molecule has 122 valence electrons. The molecule has 1 saturated carbocycles. The van der Waals surface area contributed by atoms with E-state index < -0.39 is 0 Å². The predicted molar refractivity (Wildman–Crippen MR) is 98.4 cm³/mol. The number of hydrogen-bond acceptors (Lipinski definition) is 2. The third-order valence-electron chi connectivity index (χ3n) is 5.42. The van der Waals surface area contributed by atoms with Crippen LogP contribution in [-0.2, 0) is 0 Å². The van der Waals surface area contributed by atoms with E-state index in [4.69, 9.17) is 4.99 Å². The Morgan fingerprint density at radius 3 is 2.78 bits per heavy atom. The molecule has 23 heavy (non-hydrogen) atoms. The van der Waals surface area contributed by atoms with E-state index in [0.717, 1.165) is 17.8 Å². The van der Waals surface area contributed by atoms with E-state index in [2.05, 4.69) is 55.5 Å². The number of likely N-dealkylation sites (tertiary alicyclic amines) is 1. The van der Waals surface area contributed by atoms with Gasteiger partial charge in [-0.1, -0.05) is 51.2 Å². The number of allylic oxidation sites excluding steroid dienone is 4. The molecule has 0 aromatic heterocycles. The van der Waals surface area contributed by atoms with Gasteiger partial charge in [0.05, 0.1) is 12.2 Å². The number of hydrogen-bond donors (Lipinski definition) is 0. The molecule has 1 atom stereocenters. The lowest BCUT2D eigenvalue weighted by atomic mass is 9.65. The maximum absolute atomic E-state index is 4.72. The molecule has 2 aliphatic heterocycles. The Labute approximate surface area is 141 Å². The maximum Gasteiger partial charge on any atom is 0.0676 e. The van der Waals surface area contributed by atoms with E-state index in [1.807, 2.05) is 0 Å². The van der Waals surface area contributed by atoms with Crippen molar-refractivity contribution < 1.29 is 0 Å². The van der Waals surface area contributed by atoms with Crippen LogP contribution in [0.25, 0.3) is 0 Å². The summed E-state index contributed by atoms with van der Waals surface area (Å²) in [6.07, 6.45) is 13.0. The fourth-order valence-corrected chi connectivity index (χ4v) is 3.32. The monoisotopic (exact) mass is 308 g/mol. The van der Waals surface area contributed by atoms with Crippen molar-refractivity contribution in [1.82, 2.24) is 4.90 Å². The number of rotatable bonds is 4. The summed E-state index contributed by atoms with van der Waals surface area (Å²) in [7, 11) is 0. The minimum atomic E-state index is 0.223. The fraction of sp³-hybridized carbons (Fsp3) is 0.571. The second-order valence-electron chi connectivity index (χ2n) is 7.22. The van der Waals surface area contributed by atoms with Gasteiger partial charge in [0.15, 0.2) is 0 Å². The first kappa shape index (κ1) is 16.3. The quantitative estimate of drug-likeness (QED) is 0.704. The van der Waals surface area contributed by atoms with Gasteiger partial charge in [-0.05, 0) is 36.8 Å². The number of aliphatic imine (C=N–C) groups is 1. The third kappa shape index (κ3) is 3.51. The molecule has 0 bridgehead atoms. The van der Waals surface area contributed by atoms with Gasteiger partial charge in [0.25, 0.3) is 0 Å². The van der Waals surface area contributed by atoms with Gasteiger partial charge in [0.1, 0.15) is 0 Å². The van der Waals surface area contributed by atoms with Crippen LogP contribution < -0.4 is 0 Å². The molecule has 3 aliphatic rings. The molecule has 0 amide bonds. The molecule has 3 rings (SSSR count). The summed E-state index contributed by atoms with van der Waals surface area (Å²) in [6.45, 7) is 11.9. The fourth-order valence-electron chi connectivity index (χ4n) is 3.32.